The number of alkyl halides is 1. The molecule has 0 unspecified atom stereocenters. The molecule has 4 heteroatoms. The van der Waals surface area contributed by atoms with Gasteiger partial charge in [0, 0.05) is 14.2 Å². The molecule has 0 N–H and O–H groups in total. The molecule has 0 amide bonds. The van der Waals surface area contributed by atoms with Gasteiger partial charge < -0.3 is 0 Å². The summed E-state index contributed by atoms with van der Waals surface area (Å²) in [5, 5.41) is 1.27. The smallest absolute Gasteiger partial charge is 0.0711 e. The quantitative estimate of drug-likeness (QED) is 0.477. The first-order valence-corrected chi connectivity index (χ1v) is 6.86. The second-order valence-electron chi connectivity index (χ2n) is 2.66. The normalized spacial score (nSPS) is 11.0. The van der Waals surface area contributed by atoms with Crippen LogP contribution < -0.4 is 0 Å². The standard InChI is InChI=1S/C9H5BrClIS/c10-9-3-7-5(4-11)1-6(12)2-8(7)13-9/h1-3H,4H2. The summed E-state index contributed by atoms with van der Waals surface area (Å²) in [6.07, 6.45) is 0. The van der Waals surface area contributed by atoms with Gasteiger partial charge in [0.1, 0.15) is 0 Å². The molecule has 2 aromatic rings. The van der Waals surface area contributed by atoms with Crippen molar-refractivity contribution in [3.05, 3.63) is 31.1 Å². The number of halogens is 3. The van der Waals surface area contributed by atoms with Crippen molar-refractivity contribution < 1.29 is 0 Å². The Morgan fingerprint density at radius 3 is 2.85 bits per heavy atom. The third kappa shape index (κ3) is 2.03. The number of hydrogen-bond acceptors (Lipinski definition) is 1. The number of rotatable bonds is 1. The lowest BCUT2D eigenvalue weighted by Gasteiger charge is -1.98. The Kier molecular flexibility index (Phi) is 3.18. The van der Waals surface area contributed by atoms with Gasteiger partial charge in [0.15, 0.2) is 0 Å². The molecule has 0 fully saturated rings. The second kappa shape index (κ2) is 4.04. The third-order valence-corrected chi connectivity index (χ3v) is 4.30. The van der Waals surface area contributed by atoms with Crippen LogP contribution >= 0.6 is 61.5 Å². The van der Waals surface area contributed by atoms with Crippen molar-refractivity contribution in [3.63, 3.8) is 0 Å². The maximum absolute atomic E-state index is 5.87. The molecular weight excluding hydrogens is 382 g/mol. The molecule has 0 aliphatic rings. The lowest BCUT2D eigenvalue weighted by Crippen LogP contribution is -1.80. The van der Waals surface area contributed by atoms with E-state index in [1.54, 1.807) is 11.3 Å². The Hall–Kier alpha value is 0.680. The average Bonchev–Trinajstić information content (AvgIpc) is 2.43. The predicted molar refractivity (Wildman–Crippen MR) is 71.8 cm³/mol. The second-order valence-corrected chi connectivity index (χ2v) is 6.64. The molecule has 0 radical (unpaired) electrons. The van der Waals surface area contributed by atoms with Crippen molar-refractivity contribution in [2.45, 2.75) is 5.88 Å². The molecule has 1 aromatic heterocycles. The molecule has 68 valence electrons. The maximum atomic E-state index is 5.87. The van der Waals surface area contributed by atoms with Gasteiger partial charge in [-0.1, -0.05) is 0 Å². The molecule has 0 bridgehead atoms. The van der Waals surface area contributed by atoms with E-state index in [0.29, 0.717) is 5.88 Å². The maximum Gasteiger partial charge on any atom is 0.0711 e. The minimum Gasteiger partial charge on any atom is -0.128 e. The van der Waals surface area contributed by atoms with E-state index in [1.807, 2.05) is 0 Å². The van der Waals surface area contributed by atoms with Crippen LogP contribution in [0.25, 0.3) is 10.1 Å². The summed E-state index contributed by atoms with van der Waals surface area (Å²) < 4.78 is 3.71. The zero-order valence-electron chi connectivity index (χ0n) is 6.48. The largest absolute Gasteiger partial charge is 0.128 e. The Balaban J connectivity index is 2.80. The first kappa shape index (κ1) is 10.2. The van der Waals surface area contributed by atoms with Crippen molar-refractivity contribution in [2.75, 3.05) is 0 Å². The molecule has 2 rings (SSSR count). The van der Waals surface area contributed by atoms with Crippen LogP contribution in [0.3, 0.4) is 0 Å². The molecule has 0 spiro atoms. The van der Waals surface area contributed by atoms with E-state index in [0.717, 1.165) is 3.79 Å². The van der Waals surface area contributed by atoms with Gasteiger partial charge in [-0.3, -0.25) is 0 Å². The van der Waals surface area contributed by atoms with Gasteiger partial charge in [-0.2, -0.15) is 0 Å². The van der Waals surface area contributed by atoms with Gasteiger partial charge in [0.05, 0.1) is 3.79 Å². The number of hydrogen-bond donors (Lipinski definition) is 0. The van der Waals surface area contributed by atoms with E-state index in [-0.39, 0.29) is 0 Å². The summed E-state index contributed by atoms with van der Waals surface area (Å²) in [5.74, 6) is 0.580. The topological polar surface area (TPSA) is 0 Å². The summed E-state index contributed by atoms with van der Waals surface area (Å²) in [5.41, 5.74) is 1.21. The van der Waals surface area contributed by atoms with E-state index in [2.05, 4.69) is 56.7 Å². The SMILES string of the molecule is ClCc1cc(I)cc2sc(Br)cc12. The van der Waals surface area contributed by atoms with Gasteiger partial charge >= 0.3 is 0 Å². The monoisotopic (exact) mass is 386 g/mol. The van der Waals surface area contributed by atoms with Crippen LogP contribution in [0.4, 0.5) is 0 Å². The molecule has 0 saturated carbocycles. The van der Waals surface area contributed by atoms with Crippen molar-refractivity contribution >= 4 is 71.5 Å². The van der Waals surface area contributed by atoms with Crippen LogP contribution in [-0.2, 0) is 5.88 Å². The van der Waals surface area contributed by atoms with Crippen LogP contribution in [0, 0.1) is 3.57 Å². The number of thiophene rings is 1. The zero-order valence-corrected chi connectivity index (χ0v) is 11.8. The fourth-order valence-corrected chi connectivity index (χ4v) is 4.00. The predicted octanol–water partition coefficient (Wildman–Crippen LogP) is 5.01. The molecular formula is C9H5BrClIS. The van der Waals surface area contributed by atoms with Gasteiger partial charge in [-0.15, -0.1) is 22.9 Å². The summed E-state index contributed by atoms with van der Waals surface area (Å²) >= 11 is 13.4. The molecule has 13 heavy (non-hydrogen) atoms. The van der Waals surface area contributed by atoms with Gasteiger partial charge in [-0.25, -0.2) is 0 Å². The Labute approximate surface area is 108 Å². The minimum atomic E-state index is 0.580. The Bertz CT molecular complexity index is 452. The van der Waals surface area contributed by atoms with Crippen LogP contribution in [-0.4, -0.2) is 0 Å². The van der Waals surface area contributed by atoms with Crippen molar-refractivity contribution in [2.24, 2.45) is 0 Å². The Morgan fingerprint density at radius 2 is 2.15 bits per heavy atom. The van der Waals surface area contributed by atoms with Gasteiger partial charge in [-0.05, 0) is 67.7 Å². The molecule has 0 aliphatic carbocycles. The van der Waals surface area contributed by atoms with E-state index in [9.17, 15) is 0 Å². The lowest BCUT2D eigenvalue weighted by atomic mass is 10.1. The molecule has 1 heterocycles. The molecule has 0 saturated heterocycles. The fourth-order valence-electron chi connectivity index (χ4n) is 1.25. The van der Waals surface area contributed by atoms with Gasteiger partial charge in [0.25, 0.3) is 0 Å². The number of benzene rings is 1. The highest BCUT2D eigenvalue weighted by atomic mass is 127. The van der Waals surface area contributed by atoms with Crippen LogP contribution in [0.15, 0.2) is 22.0 Å². The van der Waals surface area contributed by atoms with Crippen molar-refractivity contribution in [1.82, 2.24) is 0 Å². The fraction of sp³-hybridized carbons (Fsp3) is 0.111. The van der Waals surface area contributed by atoms with E-state index in [1.165, 1.54) is 19.2 Å². The van der Waals surface area contributed by atoms with Crippen LogP contribution in [0.1, 0.15) is 5.56 Å². The van der Waals surface area contributed by atoms with E-state index in [4.69, 9.17) is 11.6 Å². The van der Waals surface area contributed by atoms with Crippen molar-refractivity contribution in [1.29, 1.82) is 0 Å². The lowest BCUT2D eigenvalue weighted by molar-refractivity contribution is 1.45. The highest BCUT2D eigenvalue weighted by Gasteiger charge is 2.05. The average molecular weight is 387 g/mol. The summed E-state index contributed by atoms with van der Waals surface area (Å²) in [6, 6.07) is 6.45. The summed E-state index contributed by atoms with van der Waals surface area (Å²) in [7, 11) is 0. The third-order valence-electron chi connectivity index (χ3n) is 1.80. The molecule has 1 aromatic carbocycles. The first-order valence-electron chi connectivity index (χ1n) is 3.64. The van der Waals surface area contributed by atoms with Crippen LogP contribution in [0.2, 0.25) is 0 Å². The summed E-state index contributed by atoms with van der Waals surface area (Å²) in [6.45, 7) is 0. The molecule has 0 aliphatic heterocycles. The minimum absolute atomic E-state index is 0.580. The zero-order chi connectivity index (χ0) is 9.42. The molecule has 0 nitrogen and oxygen atoms in total. The van der Waals surface area contributed by atoms with Crippen LogP contribution in [0.5, 0.6) is 0 Å². The Morgan fingerprint density at radius 1 is 1.38 bits per heavy atom. The first-order chi connectivity index (χ1) is 6.20. The highest BCUT2D eigenvalue weighted by Crippen LogP contribution is 2.33. The number of fused-ring (bicyclic) bond motifs is 1. The van der Waals surface area contributed by atoms with E-state index < -0.39 is 0 Å². The highest BCUT2D eigenvalue weighted by molar-refractivity contribution is 14.1. The van der Waals surface area contributed by atoms with E-state index >= 15 is 0 Å². The summed E-state index contributed by atoms with van der Waals surface area (Å²) in [4.78, 5) is 0. The van der Waals surface area contributed by atoms with Gasteiger partial charge in [0.2, 0.25) is 0 Å². The molecule has 0 atom stereocenters. The van der Waals surface area contributed by atoms with Crippen molar-refractivity contribution in [3.8, 4) is 0 Å².